The molecule has 0 radical (unpaired) electrons. The van der Waals surface area contributed by atoms with Gasteiger partial charge in [0.05, 0.1) is 0 Å². The lowest BCUT2D eigenvalue weighted by molar-refractivity contribution is -0.136. The van der Waals surface area contributed by atoms with Gasteiger partial charge in [0, 0.05) is 25.9 Å². The third kappa shape index (κ3) is 2.95. The fraction of sp³-hybridized carbons (Fsp3) is 0.467. The number of hydrogen-bond donors (Lipinski definition) is 1. The summed E-state index contributed by atoms with van der Waals surface area (Å²) in [4.78, 5) is 25.8. The van der Waals surface area contributed by atoms with Gasteiger partial charge in [-0.2, -0.15) is 0 Å². The van der Waals surface area contributed by atoms with E-state index in [1.54, 1.807) is 11.8 Å². The number of fused-ring (bicyclic) bond motifs is 1. The van der Waals surface area contributed by atoms with Gasteiger partial charge in [-0.05, 0) is 18.1 Å². The molecule has 0 saturated heterocycles. The first-order chi connectivity index (χ1) is 9.15. The van der Waals surface area contributed by atoms with E-state index >= 15 is 0 Å². The van der Waals surface area contributed by atoms with E-state index < -0.39 is 6.04 Å². The first-order valence-electron chi connectivity index (χ1n) is 6.80. The number of carbonyl (C=O) groups is 2. The van der Waals surface area contributed by atoms with Crippen molar-refractivity contribution in [2.75, 3.05) is 6.54 Å². The van der Waals surface area contributed by atoms with Crippen LogP contribution in [0.1, 0.15) is 31.4 Å². The van der Waals surface area contributed by atoms with Crippen molar-refractivity contribution in [3.05, 3.63) is 35.4 Å². The van der Waals surface area contributed by atoms with Gasteiger partial charge in [0.2, 0.25) is 11.8 Å². The summed E-state index contributed by atoms with van der Waals surface area (Å²) in [5.41, 5.74) is 2.32. The lowest BCUT2D eigenvalue weighted by Gasteiger charge is -2.23. The molecule has 1 heterocycles. The van der Waals surface area contributed by atoms with Crippen LogP contribution in [-0.4, -0.2) is 29.3 Å². The third-order valence-electron chi connectivity index (χ3n) is 3.55. The highest BCUT2D eigenvalue weighted by Crippen LogP contribution is 2.19. The van der Waals surface area contributed by atoms with E-state index in [1.165, 1.54) is 5.56 Å². The number of hydrogen-bond acceptors (Lipinski definition) is 2. The Morgan fingerprint density at radius 3 is 2.63 bits per heavy atom. The number of nitrogens with zero attached hydrogens (tertiary/aromatic N) is 1. The Balaban J connectivity index is 2.28. The molecule has 19 heavy (non-hydrogen) atoms. The molecule has 1 aromatic rings. The number of benzene rings is 1. The summed E-state index contributed by atoms with van der Waals surface area (Å²) in [6.45, 7) is 5.04. The van der Waals surface area contributed by atoms with Gasteiger partial charge in [-0.3, -0.25) is 9.59 Å². The van der Waals surface area contributed by atoms with Gasteiger partial charge in [-0.1, -0.05) is 31.2 Å². The molecule has 4 heteroatoms. The summed E-state index contributed by atoms with van der Waals surface area (Å²) in [5.74, 6) is -0.0608. The second-order valence-electron chi connectivity index (χ2n) is 4.80. The van der Waals surface area contributed by atoms with Crippen LogP contribution in [0.4, 0.5) is 0 Å². The summed E-state index contributed by atoms with van der Waals surface area (Å²) in [6, 6.07) is 7.62. The molecule has 0 aromatic heterocycles. The minimum Gasteiger partial charge on any atom is -0.344 e. The Hall–Kier alpha value is -1.84. The first-order valence-corrected chi connectivity index (χ1v) is 6.80. The molecule has 1 atom stereocenters. The van der Waals surface area contributed by atoms with E-state index in [9.17, 15) is 9.59 Å². The topological polar surface area (TPSA) is 49.4 Å². The SMILES string of the molecule is CCC(=O)N[C@H]1Cc2ccccc2CN(CC)C1=O. The van der Waals surface area contributed by atoms with Gasteiger partial charge in [0.25, 0.3) is 0 Å². The lowest BCUT2D eigenvalue weighted by Crippen LogP contribution is -2.47. The van der Waals surface area contributed by atoms with E-state index in [0.717, 1.165) is 5.56 Å². The van der Waals surface area contributed by atoms with Crippen LogP contribution in [0, 0.1) is 0 Å². The number of nitrogens with one attached hydrogen (secondary N) is 1. The normalized spacial score (nSPS) is 18.7. The number of carbonyl (C=O) groups excluding carboxylic acids is 2. The molecule has 0 aliphatic carbocycles. The summed E-state index contributed by atoms with van der Waals surface area (Å²) in [5, 5.41) is 2.83. The minimum atomic E-state index is -0.434. The molecular weight excluding hydrogens is 240 g/mol. The van der Waals surface area contributed by atoms with Gasteiger partial charge in [0.1, 0.15) is 6.04 Å². The summed E-state index contributed by atoms with van der Waals surface area (Å²) < 4.78 is 0. The monoisotopic (exact) mass is 260 g/mol. The van der Waals surface area contributed by atoms with Crippen molar-refractivity contribution < 1.29 is 9.59 Å². The first kappa shape index (κ1) is 13.6. The second-order valence-corrected chi connectivity index (χ2v) is 4.80. The molecule has 2 amide bonds. The highest BCUT2D eigenvalue weighted by molar-refractivity contribution is 5.88. The van der Waals surface area contributed by atoms with Crippen molar-refractivity contribution in [3.63, 3.8) is 0 Å². The number of rotatable bonds is 3. The number of amides is 2. The van der Waals surface area contributed by atoms with Gasteiger partial charge in [0.15, 0.2) is 0 Å². The molecule has 1 N–H and O–H groups in total. The van der Waals surface area contributed by atoms with E-state index in [2.05, 4.69) is 11.4 Å². The number of likely N-dealkylation sites (N-methyl/N-ethyl adjacent to an activating group) is 1. The van der Waals surface area contributed by atoms with E-state index in [4.69, 9.17) is 0 Å². The quantitative estimate of drug-likeness (QED) is 0.895. The predicted octanol–water partition coefficient (Wildman–Crippen LogP) is 1.49. The smallest absolute Gasteiger partial charge is 0.245 e. The third-order valence-corrected chi connectivity index (χ3v) is 3.55. The van der Waals surface area contributed by atoms with E-state index in [1.807, 2.05) is 25.1 Å². The van der Waals surface area contributed by atoms with E-state index in [0.29, 0.717) is 25.9 Å². The molecule has 4 nitrogen and oxygen atoms in total. The van der Waals surface area contributed by atoms with Crippen LogP contribution >= 0.6 is 0 Å². The molecule has 1 aliphatic heterocycles. The Kier molecular flexibility index (Phi) is 4.20. The molecule has 2 rings (SSSR count). The Bertz CT molecular complexity index is 485. The summed E-state index contributed by atoms with van der Waals surface area (Å²) in [6.07, 6.45) is 0.981. The van der Waals surface area contributed by atoms with Crippen LogP contribution in [0.5, 0.6) is 0 Å². The molecule has 0 bridgehead atoms. The average molecular weight is 260 g/mol. The molecular formula is C15H20N2O2. The second kappa shape index (κ2) is 5.87. The highest BCUT2D eigenvalue weighted by Gasteiger charge is 2.29. The molecule has 1 aromatic carbocycles. The fourth-order valence-corrected chi connectivity index (χ4v) is 2.40. The summed E-state index contributed by atoms with van der Waals surface area (Å²) in [7, 11) is 0. The van der Waals surface area contributed by atoms with Gasteiger partial charge >= 0.3 is 0 Å². The molecule has 102 valence electrons. The van der Waals surface area contributed by atoms with Crippen molar-refractivity contribution in [2.24, 2.45) is 0 Å². The standard InChI is InChI=1S/C15H20N2O2/c1-3-14(18)16-13-9-11-7-5-6-8-12(11)10-17(4-2)15(13)19/h5-8,13H,3-4,9-10H2,1-2H3,(H,16,18)/t13-/m0/s1. The van der Waals surface area contributed by atoms with Crippen LogP contribution in [-0.2, 0) is 22.6 Å². The van der Waals surface area contributed by atoms with Crippen molar-refractivity contribution in [1.82, 2.24) is 10.2 Å². The molecule has 0 fully saturated rings. The van der Waals surface area contributed by atoms with Gasteiger partial charge < -0.3 is 10.2 Å². The Morgan fingerprint density at radius 2 is 2.00 bits per heavy atom. The Labute approximate surface area is 113 Å². The molecule has 0 spiro atoms. The maximum absolute atomic E-state index is 12.4. The van der Waals surface area contributed by atoms with Crippen LogP contribution in [0.25, 0.3) is 0 Å². The van der Waals surface area contributed by atoms with Crippen LogP contribution < -0.4 is 5.32 Å². The van der Waals surface area contributed by atoms with Gasteiger partial charge in [-0.15, -0.1) is 0 Å². The fourth-order valence-electron chi connectivity index (χ4n) is 2.40. The minimum absolute atomic E-state index is 0.0144. The molecule has 0 saturated carbocycles. The van der Waals surface area contributed by atoms with Crippen LogP contribution in [0.2, 0.25) is 0 Å². The van der Waals surface area contributed by atoms with Crippen molar-refractivity contribution in [2.45, 2.75) is 39.3 Å². The highest BCUT2D eigenvalue weighted by atomic mass is 16.2. The molecule has 1 aliphatic rings. The van der Waals surface area contributed by atoms with Gasteiger partial charge in [-0.25, -0.2) is 0 Å². The maximum Gasteiger partial charge on any atom is 0.245 e. The summed E-state index contributed by atoms with van der Waals surface area (Å²) >= 11 is 0. The maximum atomic E-state index is 12.4. The van der Waals surface area contributed by atoms with Crippen LogP contribution in [0.3, 0.4) is 0 Å². The van der Waals surface area contributed by atoms with E-state index in [-0.39, 0.29) is 11.8 Å². The van der Waals surface area contributed by atoms with Crippen molar-refractivity contribution in [1.29, 1.82) is 0 Å². The lowest BCUT2D eigenvalue weighted by atomic mass is 10.0. The zero-order valence-corrected chi connectivity index (χ0v) is 11.5. The zero-order valence-electron chi connectivity index (χ0n) is 11.5. The van der Waals surface area contributed by atoms with Crippen LogP contribution in [0.15, 0.2) is 24.3 Å². The molecule has 0 unspecified atom stereocenters. The largest absolute Gasteiger partial charge is 0.344 e. The average Bonchev–Trinajstić information content (AvgIpc) is 2.56. The predicted molar refractivity (Wildman–Crippen MR) is 73.5 cm³/mol. The van der Waals surface area contributed by atoms with Crippen molar-refractivity contribution in [3.8, 4) is 0 Å². The zero-order chi connectivity index (χ0) is 13.8. The van der Waals surface area contributed by atoms with Crippen molar-refractivity contribution >= 4 is 11.8 Å². The Morgan fingerprint density at radius 1 is 1.32 bits per heavy atom.